The molecule has 0 saturated heterocycles. The molecule has 0 atom stereocenters. The molecule has 3 aliphatic carbocycles. The highest BCUT2D eigenvalue weighted by atomic mass is 35.5. The lowest BCUT2D eigenvalue weighted by atomic mass is 10.0. The van der Waals surface area contributed by atoms with Crippen LogP contribution in [0.4, 0.5) is 0 Å². The summed E-state index contributed by atoms with van der Waals surface area (Å²) in [6.45, 7) is 0. The first kappa shape index (κ1) is 37.7. The fraction of sp³-hybridized carbons (Fsp3) is 0.143. The number of carbonyl (C=O) groups is 3. The molecule has 9 rings (SSSR count). The van der Waals surface area contributed by atoms with Crippen molar-refractivity contribution in [3.8, 4) is 0 Å². The largest absolute Gasteiger partial charge is 0.618 e. The number of pyridine rings is 3. The Kier molecular flexibility index (Phi) is 11.2. The minimum absolute atomic E-state index is 0.0725. The molecular formula is C42H28Cl5N3O4. The lowest BCUT2D eigenvalue weighted by Gasteiger charge is -2.05. The predicted octanol–water partition coefficient (Wildman–Crippen LogP) is 9.74. The van der Waals surface area contributed by atoms with Crippen LogP contribution in [0.3, 0.4) is 0 Å². The molecule has 0 aliphatic heterocycles. The van der Waals surface area contributed by atoms with Crippen molar-refractivity contribution in [2.24, 2.45) is 0 Å². The van der Waals surface area contributed by atoms with E-state index in [1.165, 1.54) is 6.20 Å². The molecule has 0 amide bonds. The molecular weight excluding hydrogens is 788 g/mol. The molecule has 0 unspecified atom stereocenters. The van der Waals surface area contributed by atoms with Crippen LogP contribution in [0.2, 0.25) is 25.2 Å². The van der Waals surface area contributed by atoms with Crippen LogP contribution in [0.5, 0.6) is 0 Å². The third kappa shape index (κ3) is 7.79. The Hall–Kier alpha value is -4.63. The molecule has 12 heteroatoms. The minimum atomic E-state index is -0.218. The number of halogens is 5. The van der Waals surface area contributed by atoms with Crippen LogP contribution in [0.25, 0.3) is 0 Å². The molecule has 0 saturated carbocycles. The molecule has 0 spiro atoms. The zero-order valence-electron chi connectivity index (χ0n) is 28.3. The first-order valence-corrected chi connectivity index (χ1v) is 18.9. The van der Waals surface area contributed by atoms with Gasteiger partial charge in [0, 0.05) is 60.2 Å². The maximum atomic E-state index is 12.4. The number of aromatic nitrogens is 3. The summed E-state index contributed by atoms with van der Waals surface area (Å²) in [5.74, 6) is -0.363. The third-order valence-electron chi connectivity index (χ3n) is 9.54. The minimum Gasteiger partial charge on any atom is -0.618 e. The van der Waals surface area contributed by atoms with E-state index >= 15 is 0 Å². The Labute approximate surface area is 336 Å². The van der Waals surface area contributed by atoms with Gasteiger partial charge in [-0.05, 0) is 134 Å². The molecule has 3 aliphatic rings. The molecule has 0 radical (unpaired) electrons. The van der Waals surface area contributed by atoms with E-state index in [4.69, 9.17) is 58.0 Å². The van der Waals surface area contributed by atoms with Crippen molar-refractivity contribution >= 4 is 75.4 Å². The average Bonchev–Trinajstić information content (AvgIpc) is 3.46. The van der Waals surface area contributed by atoms with Crippen LogP contribution >= 0.6 is 58.0 Å². The van der Waals surface area contributed by atoms with E-state index in [2.05, 4.69) is 9.97 Å². The Morgan fingerprint density at radius 1 is 0.537 bits per heavy atom. The van der Waals surface area contributed by atoms with Gasteiger partial charge in [-0.25, -0.2) is 4.98 Å². The van der Waals surface area contributed by atoms with Crippen LogP contribution in [0.15, 0.2) is 97.3 Å². The topological polar surface area (TPSA) is 104 Å². The first-order chi connectivity index (χ1) is 26.0. The van der Waals surface area contributed by atoms with E-state index in [-0.39, 0.29) is 23.0 Å². The van der Waals surface area contributed by atoms with Crippen molar-refractivity contribution in [2.45, 2.75) is 38.5 Å². The maximum Gasteiger partial charge on any atom is 0.268 e. The third-order valence-corrected chi connectivity index (χ3v) is 10.8. The number of ketones is 3. The number of benzene rings is 3. The monoisotopic (exact) mass is 813 g/mol. The van der Waals surface area contributed by atoms with Crippen molar-refractivity contribution in [2.75, 3.05) is 0 Å². The average molecular weight is 816 g/mol. The van der Waals surface area contributed by atoms with E-state index in [9.17, 15) is 19.6 Å². The number of nitrogens with zero attached hydrogens (tertiary/aromatic N) is 3. The Balaban J connectivity index is 0.000000125. The molecule has 0 N–H and O–H groups in total. The predicted molar refractivity (Wildman–Crippen MR) is 211 cm³/mol. The van der Waals surface area contributed by atoms with E-state index < -0.39 is 0 Å². The number of hydrogen-bond donors (Lipinski definition) is 0. The van der Waals surface area contributed by atoms with Crippen LogP contribution in [-0.4, -0.2) is 27.3 Å². The second-order valence-corrected chi connectivity index (χ2v) is 15.0. The van der Waals surface area contributed by atoms with Gasteiger partial charge in [0.25, 0.3) is 11.5 Å². The lowest BCUT2D eigenvalue weighted by Crippen LogP contribution is -2.35. The van der Waals surface area contributed by atoms with Crippen molar-refractivity contribution in [1.82, 2.24) is 9.97 Å². The fourth-order valence-electron chi connectivity index (χ4n) is 6.90. The van der Waals surface area contributed by atoms with E-state index in [0.29, 0.717) is 70.9 Å². The second-order valence-electron chi connectivity index (χ2n) is 12.9. The van der Waals surface area contributed by atoms with Gasteiger partial charge in [-0.1, -0.05) is 64.1 Å². The fourth-order valence-corrected chi connectivity index (χ4v) is 7.87. The SMILES string of the molecule is O=C1c2ccc(Cl)cc2CCc2c(Cl)ccnc21.O=C1c2ccc(Cl)cc2CCc2ccc(Cl)nc21.O=C1c2ccc(Cl)cc2CCc2ccc[n+]([O-])c21. The van der Waals surface area contributed by atoms with Gasteiger partial charge in [0.1, 0.15) is 16.5 Å². The van der Waals surface area contributed by atoms with Crippen LogP contribution in [0, 0.1) is 5.21 Å². The highest BCUT2D eigenvalue weighted by Crippen LogP contribution is 2.30. The van der Waals surface area contributed by atoms with E-state index in [0.717, 1.165) is 59.1 Å². The summed E-state index contributed by atoms with van der Waals surface area (Å²) in [5, 5.41) is 14.6. The molecule has 270 valence electrons. The summed E-state index contributed by atoms with van der Waals surface area (Å²) in [5.41, 5.74) is 8.49. The second kappa shape index (κ2) is 16.0. The smallest absolute Gasteiger partial charge is 0.268 e. The molecule has 54 heavy (non-hydrogen) atoms. The number of rotatable bonds is 0. The number of hydrogen-bond acceptors (Lipinski definition) is 6. The van der Waals surface area contributed by atoms with Crippen LogP contribution in [-0.2, 0) is 38.5 Å². The van der Waals surface area contributed by atoms with Gasteiger partial charge in [-0.15, -0.1) is 0 Å². The molecule has 3 aromatic heterocycles. The Bertz CT molecular complexity index is 2480. The summed E-state index contributed by atoms with van der Waals surface area (Å²) < 4.78 is 0.654. The molecule has 0 bridgehead atoms. The van der Waals surface area contributed by atoms with Gasteiger partial charge < -0.3 is 5.21 Å². The Morgan fingerprint density at radius 2 is 1.06 bits per heavy atom. The van der Waals surface area contributed by atoms with Crippen molar-refractivity contribution in [3.05, 3.63) is 195 Å². The molecule has 0 fully saturated rings. The summed E-state index contributed by atoms with van der Waals surface area (Å²) >= 11 is 29.9. The first-order valence-electron chi connectivity index (χ1n) is 17.0. The van der Waals surface area contributed by atoms with Gasteiger partial charge in [-0.3, -0.25) is 19.4 Å². The summed E-state index contributed by atoms with van der Waals surface area (Å²) in [4.78, 5) is 45.6. The summed E-state index contributed by atoms with van der Waals surface area (Å²) in [7, 11) is 0. The van der Waals surface area contributed by atoms with Gasteiger partial charge >= 0.3 is 0 Å². The number of carbonyl (C=O) groups excluding carboxylic acids is 3. The molecule has 6 aromatic rings. The maximum absolute atomic E-state index is 12.4. The van der Waals surface area contributed by atoms with Gasteiger partial charge in [0.15, 0.2) is 6.20 Å². The van der Waals surface area contributed by atoms with Gasteiger partial charge in [-0.2, -0.15) is 4.73 Å². The highest BCUT2D eigenvalue weighted by Gasteiger charge is 2.28. The van der Waals surface area contributed by atoms with Gasteiger partial charge in [0.2, 0.25) is 11.6 Å². The molecule has 7 nitrogen and oxygen atoms in total. The van der Waals surface area contributed by atoms with Crippen molar-refractivity contribution in [1.29, 1.82) is 0 Å². The van der Waals surface area contributed by atoms with Crippen LogP contribution < -0.4 is 4.73 Å². The number of aryl methyl sites for hydroxylation is 5. The van der Waals surface area contributed by atoms with Gasteiger partial charge in [0.05, 0.1) is 0 Å². The zero-order valence-corrected chi connectivity index (χ0v) is 32.1. The van der Waals surface area contributed by atoms with E-state index in [1.54, 1.807) is 66.9 Å². The quantitative estimate of drug-likeness (QED) is 0.0860. The Morgan fingerprint density at radius 3 is 1.67 bits per heavy atom. The summed E-state index contributed by atoms with van der Waals surface area (Å²) in [6, 6.07) is 24.7. The standard InChI is InChI=1S/2C14H9Cl2NO.C14H10ClNO2/c15-9-2-4-10-8(7-9)1-3-11-12(16)5-6-17-13(11)14(10)18;15-10-4-5-11-9(7-10)2-1-8-3-6-12(16)17-13(8)14(11)18;15-11-5-6-12-10(8-11)4-3-9-2-1-7-16(18)13(9)14(12)17/h2,4-7H,1,3H2;3-7H,1-2H2;1-2,5-8H,3-4H2. The zero-order chi connectivity index (χ0) is 38.1. The number of fused-ring (bicyclic) bond motifs is 6. The molecule has 3 aromatic carbocycles. The summed E-state index contributed by atoms with van der Waals surface area (Å²) in [6.07, 6.45) is 7.35. The highest BCUT2D eigenvalue weighted by molar-refractivity contribution is 6.33. The normalized spacial score (nSPS) is 13.8. The van der Waals surface area contributed by atoms with Crippen molar-refractivity contribution < 1.29 is 19.1 Å². The van der Waals surface area contributed by atoms with Crippen LogP contribution in [0.1, 0.15) is 81.5 Å². The lowest BCUT2D eigenvalue weighted by molar-refractivity contribution is -0.607. The molecule has 3 heterocycles. The van der Waals surface area contributed by atoms with E-state index in [1.807, 2.05) is 24.3 Å². The van der Waals surface area contributed by atoms with Crippen molar-refractivity contribution in [3.63, 3.8) is 0 Å².